The highest BCUT2D eigenvalue weighted by Gasteiger charge is 2.51. The third-order valence-corrected chi connectivity index (χ3v) is 4.67. The van der Waals surface area contributed by atoms with Gasteiger partial charge in [-0.25, -0.2) is 4.79 Å². The Kier molecular flexibility index (Phi) is 4.68. The van der Waals surface area contributed by atoms with Crippen LogP contribution in [0, 0.1) is 0 Å². The van der Waals surface area contributed by atoms with Crippen molar-refractivity contribution in [2.75, 3.05) is 0 Å². The van der Waals surface area contributed by atoms with Crippen molar-refractivity contribution in [1.82, 2.24) is 0 Å². The number of ether oxygens (including phenoxy) is 1. The Morgan fingerprint density at radius 3 is 2.16 bits per heavy atom. The summed E-state index contributed by atoms with van der Waals surface area (Å²) in [6, 6.07) is 13.3. The monoisotopic (exact) mass is 430 g/mol. The Balaban J connectivity index is 2.09. The summed E-state index contributed by atoms with van der Waals surface area (Å²) in [5, 5.41) is 0.511. The lowest BCUT2D eigenvalue weighted by atomic mass is 9.86. The van der Waals surface area contributed by atoms with Crippen LogP contribution < -0.4 is 0 Å². The van der Waals surface area contributed by atoms with Gasteiger partial charge in [-0.2, -0.15) is 13.2 Å². The fraction of sp³-hybridized carbons (Fsp3) is 0.167. The Morgan fingerprint density at radius 1 is 1.04 bits per heavy atom. The molecular weight excluding hydrogens is 421 g/mol. The molecule has 0 saturated carbocycles. The topological polar surface area (TPSA) is 26.3 Å². The predicted molar refractivity (Wildman–Crippen MR) is 91.2 cm³/mol. The molecule has 0 bridgehead atoms. The van der Waals surface area contributed by atoms with E-state index in [1.807, 2.05) is 0 Å². The van der Waals surface area contributed by atoms with Crippen molar-refractivity contribution in [3.63, 3.8) is 0 Å². The van der Waals surface area contributed by atoms with Gasteiger partial charge in [-0.15, -0.1) is 0 Å². The van der Waals surface area contributed by atoms with Crippen molar-refractivity contribution in [1.29, 1.82) is 0 Å². The lowest BCUT2D eigenvalue weighted by Crippen LogP contribution is -2.28. The fourth-order valence-electron chi connectivity index (χ4n) is 2.71. The molecule has 1 aliphatic rings. The van der Waals surface area contributed by atoms with Crippen molar-refractivity contribution in [2.45, 2.75) is 18.2 Å². The molecule has 1 aliphatic heterocycles. The summed E-state index contributed by atoms with van der Waals surface area (Å²) in [4.78, 5) is 11.9. The molecule has 25 heavy (non-hydrogen) atoms. The largest absolute Gasteiger partial charge is 0.446 e. The van der Waals surface area contributed by atoms with Gasteiger partial charge in [0.05, 0.1) is 0 Å². The summed E-state index contributed by atoms with van der Waals surface area (Å²) >= 11 is 9.14. The molecule has 1 atom stereocenters. The van der Waals surface area contributed by atoms with Gasteiger partial charge < -0.3 is 4.74 Å². The standard InChI is InChI=1S/C18H11BrClF3O2/c19-13-5-3-12(4-6-13)17(9-11-1-7-14(20)8-2-11)10-15(16(24)25-17)18(21,22)23/h1-8,10H,9H2. The molecule has 0 amide bonds. The second-order valence-electron chi connectivity index (χ2n) is 5.64. The number of esters is 1. The highest BCUT2D eigenvalue weighted by atomic mass is 79.9. The summed E-state index contributed by atoms with van der Waals surface area (Å²) in [5.41, 5.74) is -1.65. The number of hydrogen-bond acceptors (Lipinski definition) is 2. The number of hydrogen-bond donors (Lipinski definition) is 0. The maximum absolute atomic E-state index is 13.1. The van der Waals surface area contributed by atoms with Crippen LogP contribution in [0.5, 0.6) is 0 Å². The number of rotatable bonds is 3. The van der Waals surface area contributed by atoms with Crippen LogP contribution in [0.2, 0.25) is 5.02 Å². The van der Waals surface area contributed by atoms with Crippen LogP contribution in [-0.4, -0.2) is 12.1 Å². The van der Waals surface area contributed by atoms with Gasteiger partial charge in [0.2, 0.25) is 0 Å². The van der Waals surface area contributed by atoms with Gasteiger partial charge >= 0.3 is 12.1 Å². The number of benzene rings is 2. The molecule has 2 aromatic carbocycles. The summed E-state index contributed by atoms with van der Waals surface area (Å²) in [5.74, 6) is -1.37. The smallest absolute Gasteiger partial charge is 0.423 e. The highest BCUT2D eigenvalue weighted by Crippen LogP contribution is 2.43. The van der Waals surface area contributed by atoms with Crippen LogP contribution >= 0.6 is 27.5 Å². The zero-order chi connectivity index (χ0) is 18.2. The van der Waals surface area contributed by atoms with E-state index in [9.17, 15) is 18.0 Å². The average molecular weight is 432 g/mol. The number of alkyl halides is 3. The van der Waals surface area contributed by atoms with E-state index in [2.05, 4.69) is 15.9 Å². The first kappa shape index (κ1) is 18.0. The van der Waals surface area contributed by atoms with Crippen molar-refractivity contribution < 1.29 is 22.7 Å². The highest BCUT2D eigenvalue weighted by molar-refractivity contribution is 9.10. The van der Waals surface area contributed by atoms with E-state index < -0.39 is 23.3 Å². The van der Waals surface area contributed by atoms with E-state index in [-0.39, 0.29) is 6.42 Å². The molecule has 130 valence electrons. The molecule has 1 unspecified atom stereocenters. The SMILES string of the molecule is O=C1OC(Cc2ccc(Cl)cc2)(c2ccc(Br)cc2)C=C1C(F)(F)F. The van der Waals surface area contributed by atoms with Crippen LogP contribution in [-0.2, 0) is 21.6 Å². The van der Waals surface area contributed by atoms with Gasteiger partial charge in [0.25, 0.3) is 0 Å². The van der Waals surface area contributed by atoms with Crippen molar-refractivity contribution >= 4 is 33.5 Å². The molecule has 0 spiro atoms. The quantitative estimate of drug-likeness (QED) is 0.593. The van der Waals surface area contributed by atoms with E-state index in [1.165, 1.54) is 0 Å². The molecule has 7 heteroatoms. The molecule has 3 rings (SSSR count). The lowest BCUT2D eigenvalue weighted by molar-refractivity contribution is -0.155. The van der Waals surface area contributed by atoms with Gasteiger partial charge in [0.15, 0.2) is 5.60 Å². The predicted octanol–water partition coefficient (Wildman–Crippen LogP) is 5.59. The number of halogens is 5. The lowest BCUT2D eigenvalue weighted by Gasteiger charge is -2.27. The van der Waals surface area contributed by atoms with E-state index >= 15 is 0 Å². The van der Waals surface area contributed by atoms with Crippen LogP contribution in [0.25, 0.3) is 0 Å². The van der Waals surface area contributed by atoms with Crippen LogP contribution in [0.15, 0.2) is 64.7 Å². The van der Waals surface area contributed by atoms with Crippen LogP contribution in [0.4, 0.5) is 13.2 Å². The molecular formula is C18H11BrClF3O2. The Bertz CT molecular complexity index is 829. The maximum atomic E-state index is 13.1. The molecule has 0 N–H and O–H groups in total. The molecule has 2 aromatic rings. The minimum absolute atomic E-state index is 0.0666. The molecule has 0 saturated heterocycles. The summed E-state index contributed by atoms with van der Waals surface area (Å²) in [7, 11) is 0. The number of carbonyl (C=O) groups is 1. The molecule has 0 fully saturated rings. The van der Waals surface area contributed by atoms with Crippen LogP contribution in [0.3, 0.4) is 0 Å². The van der Waals surface area contributed by atoms with Gasteiger partial charge in [0.1, 0.15) is 5.57 Å². The normalized spacial score (nSPS) is 20.4. The maximum Gasteiger partial charge on any atom is 0.423 e. The Hall–Kier alpha value is -1.79. The summed E-state index contributed by atoms with van der Waals surface area (Å²) in [6.07, 6.45) is -3.83. The van der Waals surface area contributed by atoms with Crippen LogP contribution in [0.1, 0.15) is 11.1 Å². The second kappa shape index (κ2) is 6.50. The zero-order valence-electron chi connectivity index (χ0n) is 12.6. The average Bonchev–Trinajstić information content (AvgIpc) is 2.88. The van der Waals surface area contributed by atoms with E-state index in [1.54, 1.807) is 48.5 Å². The zero-order valence-corrected chi connectivity index (χ0v) is 15.0. The fourth-order valence-corrected chi connectivity index (χ4v) is 3.10. The third kappa shape index (κ3) is 3.75. The first-order valence-electron chi connectivity index (χ1n) is 7.23. The summed E-state index contributed by atoms with van der Waals surface area (Å²) in [6.45, 7) is 0. The summed E-state index contributed by atoms with van der Waals surface area (Å²) < 4.78 is 45.4. The molecule has 1 heterocycles. The van der Waals surface area contributed by atoms with E-state index in [0.29, 0.717) is 16.1 Å². The number of carbonyl (C=O) groups excluding carboxylic acids is 1. The molecule has 0 aromatic heterocycles. The first-order valence-corrected chi connectivity index (χ1v) is 8.41. The Labute approximate surface area is 155 Å². The minimum atomic E-state index is -4.77. The Morgan fingerprint density at radius 2 is 1.64 bits per heavy atom. The van der Waals surface area contributed by atoms with Crippen molar-refractivity contribution in [2.24, 2.45) is 0 Å². The number of cyclic esters (lactones) is 1. The third-order valence-electron chi connectivity index (χ3n) is 3.89. The molecule has 0 radical (unpaired) electrons. The van der Waals surface area contributed by atoms with Gasteiger partial charge in [-0.3, -0.25) is 0 Å². The van der Waals surface area contributed by atoms with Crippen molar-refractivity contribution in [3.05, 3.63) is 80.8 Å². The van der Waals surface area contributed by atoms with Gasteiger partial charge in [-0.1, -0.05) is 51.8 Å². The second-order valence-corrected chi connectivity index (χ2v) is 7.00. The molecule has 0 aliphatic carbocycles. The van der Waals surface area contributed by atoms with E-state index in [4.69, 9.17) is 16.3 Å². The van der Waals surface area contributed by atoms with Crippen molar-refractivity contribution in [3.8, 4) is 0 Å². The minimum Gasteiger partial charge on any atom is -0.446 e. The van der Waals surface area contributed by atoms with Gasteiger partial charge in [-0.05, 0) is 41.5 Å². The first-order chi connectivity index (χ1) is 11.7. The van der Waals surface area contributed by atoms with Gasteiger partial charge in [0, 0.05) is 15.9 Å². The molecule has 2 nitrogen and oxygen atoms in total. The van der Waals surface area contributed by atoms with E-state index in [0.717, 1.165) is 10.5 Å².